The van der Waals surface area contributed by atoms with Crippen LogP contribution in [0.25, 0.3) is 11.1 Å². The van der Waals surface area contributed by atoms with E-state index in [9.17, 15) is 31.5 Å². The highest BCUT2D eigenvalue weighted by Crippen LogP contribution is 2.44. The van der Waals surface area contributed by atoms with Crippen molar-refractivity contribution in [1.29, 1.82) is 0 Å². The fraction of sp³-hybridized carbons (Fsp3) is 0.333. The monoisotopic (exact) mass is 529 g/mol. The molecule has 1 aliphatic rings. The predicted octanol–water partition coefficient (Wildman–Crippen LogP) is 7.57. The Labute approximate surface area is 218 Å². The Bertz CT molecular complexity index is 1260. The number of hydrogen-bond donors (Lipinski definition) is 0. The zero-order valence-electron chi connectivity index (χ0n) is 20.9. The Morgan fingerprint density at radius 3 is 1.79 bits per heavy atom. The van der Waals surface area contributed by atoms with Gasteiger partial charge in [-0.25, -0.2) is 8.78 Å². The van der Waals surface area contributed by atoms with Gasteiger partial charge in [-0.1, -0.05) is 43.3 Å². The van der Waals surface area contributed by atoms with E-state index in [1.807, 2.05) is 0 Å². The summed E-state index contributed by atoms with van der Waals surface area (Å²) in [7, 11) is 0. The average Bonchev–Trinajstić information content (AvgIpc) is 2.88. The molecule has 1 aliphatic heterocycles. The van der Waals surface area contributed by atoms with E-state index in [0.717, 1.165) is 11.1 Å². The number of hydrogen-bond acceptors (Lipinski definition) is 2. The molecule has 1 heterocycles. The third kappa shape index (κ3) is 6.47. The average molecular weight is 530 g/mol. The van der Waals surface area contributed by atoms with Crippen molar-refractivity contribution in [1.82, 2.24) is 4.90 Å². The smallest absolute Gasteiger partial charge is 0.339 e. The second-order valence-electron chi connectivity index (χ2n) is 10.0. The van der Waals surface area contributed by atoms with Crippen LogP contribution in [0, 0.1) is 17.0 Å². The molecule has 38 heavy (non-hydrogen) atoms. The van der Waals surface area contributed by atoms with E-state index in [4.69, 9.17) is 0 Å². The molecule has 1 amide bonds. The van der Waals surface area contributed by atoms with Crippen LogP contribution in [0.2, 0.25) is 0 Å². The first-order chi connectivity index (χ1) is 18.0. The topological polar surface area (TPSA) is 37.4 Å². The second kappa shape index (κ2) is 11.1. The van der Waals surface area contributed by atoms with Crippen LogP contribution in [0.1, 0.15) is 54.4 Å². The van der Waals surface area contributed by atoms with Crippen LogP contribution in [-0.4, -0.2) is 35.9 Å². The zero-order valence-corrected chi connectivity index (χ0v) is 20.9. The van der Waals surface area contributed by atoms with E-state index in [1.54, 1.807) is 43.3 Å². The number of nitrogens with zero attached hydrogens (tertiary/aromatic N) is 1. The number of ketones is 1. The summed E-state index contributed by atoms with van der Waals surface area (Å²) in [4.78, 5) is 27.9. The number of rotatable bonds is 7. The van der Waals surface area contributed by atoms with Gasteiger partial charge >= 0.3 is 6.18 Å². The molecular formula is C30H28F5NO2. The largest absolute Gasteiger partial charge is 0.390 e. The number of halogens is 5. The predicted molar refractivity (Wildman–Crippen MR) is 135 cm³/mol. The number of carbonyl (C=O) groups excluding carboxylic acids is 2. The molecule has 3 aromatic carbocycles. The lowest BCUT2D eigenvalue weighted by Gasteiger charge is -2.41. The minimum absolute atomic E-state index is 0.0330. The number of benzene rings is 3. The van der Waals surface area contributed by atoms with E-state index < -0.39 is 29.6 Å². The van der Waals surface area contributed by atoms with Crippen LogP contribution in [-0.2, 0) is 4.79 Å². The summed E-state index contributed by atoms with van der Waals surface area (Å²) in [6.45, 7) is 1.80. The Hall–Kier alpha value is -3.55. The van der Waals surface area contributed by atoms with Gasteiger partial charge in [-0.15, -0.1) is 0 Å². The number of amides is 1. The van der Waals surface area contributed by atoms with Crippen molar-refractivity contribution in [3.8, 4) is 11.1 Å². The molecule has 0 radical (unpaired) electrons. The Balaban J connectivity index is 1.44. The molecule has 0 spiro atoms. The molecule has 0 unspecified atom stereocenters. The number of likely N-dealkylation sites (tertiary alicyclic amines) is 1. The Kier molecular flexibility index (Phi) is 7.99. The van der Waals surface area contributed by atoms with Gasteiger partial charge in [0, 0.05) is 30.5 Å². The van der Waals surface area contributed by atoms with Gasteiger partial charge in [0.25, 0.3) is 5.91 Å². The summed E-state index contributed by atoms with van der Waals surface area (Å²) in [6.07, 6.45) is -6.03. The van der Waals surface area contributed by atoms with Crippen molar-refractivity contribution < 1.29 is 31.5 Å². The third-order valence-corrected chi connectivity index (χ3v) is 7.38. The highest BCUT2D eigenvalue weighted by molar-refractivity contribution is 5.95. The number of piperidine rings is 1. The number of Topliss-reactive ketones (excluding diaryl/α,β-unsaturated/α-hetero) is 1. The SMILES string of the molecule is C[C@H](CC(=O)C1(CC(F)(F)F)CCN(C(=O)c2ccc(-c3ccc(F)cc3)cc2)CC1)c1ccc(F)cc1. The van der Waals surface area contributed by atoms with E-state index in [-0.39, 0.29) is 50.0 Å². The third-order valence-electron chi connectivity index (χ3n) is 7.38. The van der Waals surface area contributed by atoms with Crippen molar-refractivity contribution in [2.24, 2.45) is 5.41 Å². The highest BCUT2D eigenvalue weighted by atomic mass is 19.4. The molecule has 200 valence electrons. The fourth-order valence-corrected chi connectivity index (χ4v) is 5.11. The maximum Gasteiger partial charge on any atom is 0.390 e. The highest BCUT2D eigenvalue weighted by Gasteiger charge is 2.49. The van der Waals surface area contributed by atoms with E-state index >= 15 is 0 Å². The van der Waals surface area contributed by atoms with Crippen LogP contribution in [0.5, 0.6) is 0 Å². The van der Waals surface area contributed by atoms with Crippen LogP contribution in [0.4, 0.5) is 22.0 Å². The molecule has 0 saturated carbocycles. The summed E-state index contributed by atoms with van der Waals surface area (Å²) in [5.41, 5.74) is 1.04. The van der Waals surface area contributed by atoms with Gasteiger partial charge in [0.1, 0.15) is 17.4 Å². The standard InChI is InChI=1S/C30H28F5NO2/c1-20(21-6-10-25(31)11-7-21)18-27(37)29(19-30(33,34)35)14-16-36(17-15-29)28(38)24-4-2-22(3-5-24)23-8-12-26(32)13-9-23/h2-13,20H,14-19H2,1H3/t20-/m1/s1. The van der Waals surface area contributed by atoms with Gasteiger partial charge in [0.15, 0.2) is 0 Å². The molecule has 0 aliphatic carbocycles. The minimum atomic E-state index is -4.53. The summed E-state index contributed by atoms with van der Waals surface area (Å²) in [5.74, 6) is -1.95. The van der Waals surface area contributed by atoms with Gasteiger partial charge in [-0.3, -0.25) is 9.59 Å². The lowest BCUT2D eigenvalue weighted by atomic mass is 9.69. The van der Waals surface area contributed by atoms with E-state index in [0.29, 0.717) is 11.1 Å². The van der Waals surface area contributed by atoms with Gasteiger partial charge in [0.05, 0.1) is 6.42 Å². The fourth-order valence-electron chi connectivity index (χ4n) is 5.11. The van der Waals surface area contributed by atoms with E-state index in [2.05, 4.69) is 0 Å². The van der Waals surface area contributed by atoms with Crippen molar-refractivity contribution in [3.63, 3.8) is 0 Å². The zero-order chi connectivity index (χ0) is 27.5. The van der Waals surface area contributed by atoms with Crippen molar-refractivity contribution >= 4 is 11.7 Å². The summed E-state index contributed by atoms with van der Waals surface area (Å²) in [6, 6.07) is 18.3. The molecule has 4 rings (SSSR count). The number of alkyl halides is 3. The molecular weight excluding hydrogens is 501 g/mol. The van der Waals surface area contributed by atoms with Crippen LogP contribution >= 0.6 is 0 Å². The molecule has 0 bridgehead atoms. The van der Waals surface area contributed by atoms with Crippen molar-refractivity contribution in [2.75, 3.05) is 13.1 Å². The quantitative estimate of drug-likeness (QED) is 0.296. The molecule has 3 nitrogen and oxygen atoms in total. The second-order valence-corrected chi connectivity index (χ2v) is 10.0. The van der Waals surface area contributed by atoms with Crippen molar-refractivity contribution in [3.05, 3.63) is 95.6 Å². The van der Waals surface area contributed by atoms with Gasteiger partial charge in [0.2, 0.25) is 0 Å². The van der Waals surface area contributed by atoms with Crippen LogP contribution in [0.3, 0.4) is 0 Å². The molecule has 0 N–H and O–H groups in total. The van der Waals surface area contributed by atoms with Gasteiger partial charge in [-0.05, 0) is 71.8 Å². The van der Waals surface area contributed by atoms with Gasteiger partial charge in [-0.2, -0.15) is 13.2 Å². The summed E-state index contributed by atoms with van der Waals surface area (Å²) >= 11 is 0. The first-order valence-corrected chi connectivity index (χ1v) is 12.5. The first kappa shape index (κ1) is 27.5. The lowest BCUT2D eigenvalue weighted by molar-refractivity contribution is -0.172. The molecule has 8 heteroatoms. The molecule has 3 aromatic rings. The first-order valence-electron chi connectivity index (χ1n) is 12.5. The maximum absolute atomic E-state index is 13.6. The maximum atomic E-state index is 13.6. The molecule has 0 aromatic heterocycles. The van der Waals surface area contributed by atoms with Gasteiger partial charge < -0.3 is 4.90 Å². The minimum Gasteiger partial charge on any atom is -0.339 e. The number of carbonyl (C=O) groups is 2. The molecule has 1 atom stereocenters. The Morgan fingerprint density at radius 1 is 0.816 bits per heavy atom. The van der Waals surface area contributed by atoms with E-state index in [1.165, 1.54) is 41.3 Å². The summed E-state index contributed by atoms with van der Waals surface area (Å²) in [5, 5.41) is 0. The van der Waals surface area contributed by atoms with Crippen molar-refractivity contribution in [2.45, 2.75) is 44.7 Å². The lowest BCUT2D eigenvalue weighted by Crippen LogP contribution is -2.48. The summed E-state index contributed by atoms with van der Waals surface area (Å²) < 4.78 is 67.2. The Morgan fingerprint density at radius 2 is 1.29 bits per heavy atom. The molecule has 1 saturated heterocycles. The molecule has 1 fully saturated rings. The van der Waals surface area contributed by atoms with Crippen LogP contribution in [0.15, 0.2) is 72.8 Å². The normalized spacial score (nSPS) is 16.2. The van der Waals surface area contributed by atoms with Crippen LogP contribution < -0.4 is 0 Å².